The molecule has 2 N–H and O–H groups in total. The van der Waals surface area contributed by atoms with Gasteiger partial charge in [0.15, 0.2) is 5.13 Å². The van der Waals surface area contributed by atoms with Gasteiger partial charge in [0, 0.05) is 17.0 Å². The monoisotopic (exact) mass is 345 g/mol. The second-order valence-electron chi connectivity index (χ2n) is 6.57. The predicted molar refractivity (Wildman–Crippen MR) is 103 cm³/mol. The highest BCUT2D eigenvalue weighted by Gasteiger charge is 2.23. The number of hydrogen-bond acceptors (Lipinski definition) is 5. The van der Waals surface area contributed by atoms with Crippen LogP contribution < -0.4 is 15.4 Å². The molecule has 24 heavy (non-hydrogen) atoms. The molecule has 0 spiro atoms. The van der Waals surface area contributed by atoms with Crippen molar-refractivity contribution < 1.29 is 4.74 Å². The van der Waals surface area contributed by atoms with Gasteiger partial charge in [0.2, 0.25) is 0 Å². The first kappa shape index (κ1) is 17.1. The molecule has 1 unspecified atom stereocenters. The Morgan fingerprint density at radius 1 is 1.33 bits per heavy atom. The molecular weight excluding hydrogens is 318 g/mol. The molecule has 0 fully saturated rings. The summed E-state index contributed by atoms with van der Waals surface area (Å²) in [5.74, 6) is 0.980. The van der Waals surface area contributed by atoms with E-state index in [4.69, 9.17) is 10.5 Å². The number of ether oxygens (including phenoxy) is 1. The number of nitrogen functional groups attached to an aromatic ring is 1. The van der Waals surface area contributed by atoms with Gasteiger partial charge in [-0.2, -0.15) is 0 Å². The van der Waals surface area contributed by atoms with Gasteiger partial charge in [0.05, 0.1) is 17.9 Å². The first-order valence-electron chi connectivity index (χ1n) is 8.87. The molecule has 2 heterocycles. The van der Waals surface area contributed by atoms with Crippen molar-refractivity contribution in [3.8, 4) is 17.0 Å². The topological polar surface area (TPSA) is 51.4 Å². The van der Waals surface area contributed by atoms with Crippen LogP contribution in [0.25, 0.3) is 11.3 Å². The van der Waals surface area contributed by atoms with Gasteiger partial charge in [-0.25, -0.2) is 4.98 Å². The van der Waals surface area contributed by atoms with Crippen LogP contribution in [0.4, 0.5) is 10.8 Å². The lowest BCUT2D eigenvalue weighted by atomic mass is 10.1. The number of nitrogens with two attached hydrogens (primary N) is 1. The predicted octanol–water partition coefficient (Wildman–Crippen LogP) is 4.87. The van der Waals surface area contributed by atoms with Crippen LogP contribution >= 0.6 is 11.3 Å². The number of aromatic nitrogens is 1. The number of aryl methyl sites for hydroxylation is 1. The van der Waals surface area contributed by atoms with Gasteiger partial charge in [0.25, 0.3) is 0 Å². The van der Waals surface area contributed by atoms with E-state index in [9.17, 15) is 0 Å². The number of anilines is 2. The van der Waals surface area contributed by atoms with Gasteiger partial charge >= 0.3 is 0 Å². The SMILES string of the molecule is CCCCCCN1CC(C)Oc2ccc(-c3nc(N)sc3C)cc21. The molecule has 3 rings (SSSR count). The van der Waals surface area contributed by atoms with Gasteiger partial charge in [-0.1, -0.05) is 26.2 Å². The van der Waals surface area contributed by atoms with Crippen LogP contribution in [-0.2, 0) is 0 Å². The normalized spacial score (nSPS) is 16.8. The third-order valence-electron chi connectivity index (χ3n) is 4.47. The third kappa shape index (κ3) is 3.66. The Bertz CT molecular complexity index is 698. The first-order chi connectivity index (χ1) is 11.6. The minimum Gasteiger partial charge on any atom is -0.487 e. The summed E-state index contributed by atoms with van der Waals surface area (Å²) in [5, 5.41) is 0.626. The highest BCUT2D eigenvalue weighted by atomic mass is 32.1. The summed E-state index contributed by atoms with van der Waals surface area (Å²) in [6.45, 7) is 8.49. The minimum atomic E-state index is 0.228. The Labute approximate surface area is 148 Å². The number of rotatable bonds is 6. The molecule has 130 valence electrons. The Morgan fingerprint density at radius 3 is 2.88 bits per heavy atom. The summed E-state index contributed by atoms with van der Waals surface area (Å²) in [6, 6.07) is 6.38. The number of unbranched alkanes of at least 4 members (excludes halogenated alkanes) is 3. The van der Waals surface area contributed by atoms with Crippen molar-refractivity contribution in [2.24, 2.45) is 0 Å². The van der Waals surface area contributed by atoms with Crippen molar-refractivity contribution in [2.75, 3.05) is 23.7 Å². The molecule has 0 aliphatic carbocycles. The van der Waals surface area contributed by atoms with Crippen LogP contribution in [-0.4, -0.2) is 24.2 Å². The van der Waals surface area contributed by atoms with E-state index < -0.39 is 0 Å². The van der Waals surface area contributed by atoms with Crippen LogP contribution in [0.1, 0.15) is 44.4 Å². The molecule has 1 aromatic carbocycles. The molecule has 4 nitrogen and oxygen atoms in total. The second kappa shape index (κ2) is 7.43. The van der Waals surface area contributed by atoms with E-state index in [1.807, 2.05) is 0 Å². The van der Waals surface area contributed by atoms with Crippen molar-refractivity contribution in [3.05, 3.63) is 23.1 Å². The standard InChI is InChI=1S/C19H27N3OS/c1-4-5-6-7-10-22-12-13(2)23-17-9-8-15(11-16(17)22)18-14(3)24-19(20)21-18/h8-9,11,13H,4-7,10,12H2,1-3H3,(H2,20,21). The number of fused-ring (bicyclic) bond motifs is 1. The molecule has 1 aliphatic rings. The molecule has 2 aromatic rings. The van der Waals surface area contributed by atoms with Crippen LogP contribution in [0.15, 0.2) is 18.2 Å². The Morgan fingerprint density at radius 2 is 2.17 bits per heavy atom. The molecule has 1 aliphatic heterocycles. The van der Waals surface area contributed by atoms with E-state index in [2.05, 4.69) is 48.9 Å². The van der Waals surface area contributed by atoms with Crippen LogP contribution in [0.2, 0.25) is 0 Å². The zero-order valence-corrected chi connectivity index (χ0v) is 15.7. The summed E-state index contributed by atoms with van der Waals surface area (Å²) in [6.07, 6.45) is 5.33. The molecule has 0 amide bonds. The fraction of sp³-hybridized carbons (Fsp3) is 0.526. The van der Waals surface area contributed by atoms with Gasteiger partial charge in [0.1, 0.15) is 11.9 Å². The molecule has 0 radical (unpaired) electrons. The number of hydrogen-bond donors (Lipinski definition) is 1. The summed E-state index contributed by atoms with van der Waals surface area (Å²) in [7, 11) is 0. The maximum absolute atomic E-state index is 6.03. The Balaban J connectivity index is 1.86. The van der Waals surface area contributed by atoms with Crippen molar-refractivity contribution in [3.63, 3.8) is 0 Å². The highest BCUT2D eigenvalue weighted by molar-refractivity contribution is 7.15. The van der Waals surface area contributed by atoms with Crippen LogP contribution in [0.5, 0.6) is 5.75 Å². The van der Waals surface area contributed by atoms with Crippen molar-refractivity contribution >= 4 is 22.2 Å². The molecule has 1 atom stereocenters. The molecule has 0 bridgehead atoms. The highest BCUT2D eigenvalue weighted by Crippen LogP contribution is 2.38. The van der Waals surface area contributed by atoms with Gasteiger partial charge < -0.3 is 15.4 Å². The quantitative estimate of drug-likeness (QED) is 0.759. The van der Waals surface area contributed by atoms with E-state index in [1.54, 1.807) is 11.3 Å². The summed E-state index contributed by atoms with van der Waals surface area (Å²) in [4.78, 5) is 8.12. The van der Waals surface area contributed by atoms with E-state index >= 15 is 0 Å². The Hall–Kier alpha value is -1.75. The van der Waals surface area contributed by atoms with E-state index in [0.717, 1.165) is 35.0 Å². The fourth-order valence-electron chi connectivity index (χ4n) is 3.30. The molecule has 0 saturated carbocycles. The average molecular weight is 346 g/mol. The van der Waals surface area contributed by atoms with Crippen molar-refractivity contribution in [2.45, 2.75) is 52.6 Å². The second-order valence-corrected chi connectivity index (χ2v) is 7.81. The lowest BCUT2D eigenvalue weighted by molar-refractivity contribution is 0.212. The largest absolute Gasteiger partial charge is 0.487 e. The van der Waals surface area contributed by atoms with Gasteiger partial charge in [-0.15, -0.1) is 11.3 Å². The average Bonchev–Trinajstić information content (AvgIpc) is 2.89. The van der Waals surface area contributed by atoms with E-state index in [0.29, 0.717) is 5.13 Å². The van der Waals surface area contributed by atoms with Crippen LogP contribution in [0, 0.1) is 6.92 Å². The maximum atomic E-state index is 6.03. The zero-order chi connectivity index (χ0) is 17.1. The molecule has 0 saturated heterocycles. The smallest absolute Gasteiger partial charge is 0.180 e. The Kier molecular flexibility index (Phi) is 5.29. The summed E-state index contributed by atoms with van der Waals surface area (Å²) in [5.41, 5.74) is 9.17. The minimum absolute atomic E-state index is 0.228. The fourth-order valence-corrected chi connectivity index (χ4v) is 4.01. The number of benzene rings is 1. The number of thiazole rings is 1. The molecule has 5 heteroatoms. The molecule has 1 aromatic heterocycles. The van der Waals surface area contributed by atoms with Crippen molar-refractivity contribution in [1.82, 2.24) is 4.98 Å². The maximum Gasteiger partial charge on any atom is 0.180 e. The number of nitrogens with zero attached hydrogens (tertiary/aromatic N) is 2. The zero-order valence-electron chi connectivity index (χ0n) is 14.8. The molecular formula is C19H27N3OS. The summed E-state index contributed by atoms with van der Waals surface area (Å²) < 4.78 is 6.03. The van der Waals surface area contributed by atoms with E-state index in [1.165, 1.54) is 31.4 Å². The van der Waals surface area contributed by atoms with Crippen molar-refractivity contribution in [1.29, 1.82) is 0 Å². The van der Waals surface area contributed by atoms with Gasteiger partial charge in [-0.3, -0.25) is 0 Å². The van der Waals surface area contributed by atoms with Crippen LogP contribution in [0.3, 0.4) is 0 Å². The van der Waals surface area contributed by atoms with Gasteiger partial charge in [-0.05, 0) is 38.5 Å². The summed E-state index contributed by atoms with van der Waals surface area (Å²) >= 11 is 1.54. The lowest BCUT2D eigenvalue weighted by Crippen LogP contribution is -2.39. The van der Waals surface area contributed by atoms with E-state index in [-0.39, 0.29) is 6.10 Å². The third-order valence-corrected chi connectivity index (χ3v) is 5.27. The lowest BCUT2D eigenvalue weighted by Gasteiger charge is -2.35. The first-order valence-corrected chi connectivity index (χ1v) is 9.69.